The molecule has 2 rings (SSSR count). The Morgan fingerprint density at radius 3 is 2.45 bits per heavy atom. The summed E-state index contributed by atoms with van der Waals surface area (Å²) in [5.74, 6) is -0.930. The number of amides is 1. The minimum Gasteiger partial charge on any atom is -0.463 e. The van der Waals surface area contributed by atoms with Crippen LogP contribution in [0.25, 0.3) is 0 Å². The SMILES string of the molecule is CCN(CC)CCOC(=O)[C@@H]1N2C(=O)C[C@H]2S(=O)(=O)C1(C)C. The third-order valence-corrected chi connectivity index (χ3v) is 7.55. The lowest BCUT2D eigenvalue weighted by molar-refractivity contribution is -0.161. The number of hydrogen-bond donors (Lipinski definition) is 0. The molecular formula is C14H24N2O5S. The van der Waals surface area contributed by atoms with E-state index in [9.17, 15) is 18.0 Å². The van der Waals surface area contributed by atoms with Gasteiger partial charge in [-0.1, -0.05) is 13.8 Å². The summed E-state index contributed by atoms with van der Waals surface area (Å²) in [4.78, 5) is 27.3. The van der Waals surface area contributed by atoms with Crippen molar-refractivity contribution in [2.24, 2.45) is 0 Å². The van der Waals surface area contributed by atoms with E-state index < -0.39 is 32.0 Å². The second-order valence-corrected chi connectivity index (χ2v) is 8.89. The van der Waals surface area contributed by atoms with Crippen LogP contribution in [0.2, 0.25) is 0 Å². The third-order valence-electron chi connectivity index (χ3n) is 4.75. The Hall–Kier alpha value is -1.15. The van der Waals surface area contributed by atoms with Crippen LogP contribution in [0.3, 0.4) is 0 Å². The number of carbonyl (C=O) groups excluding carboxylic acids is 2. The first-order chi connectivity index (χ1) is 10.2. The Labute approximate surface area is 131 Å². The number of rotatable bonds is 6. The highest BCUT2D eigenvalue weighted by Gasteiger charge is 2.68. The van der Waals surface area contributed by atoms with Gasteiger partial charge in [0.1, 0.15) is 18.0 Å². The van der Waals surface area contributed by atoms with Gasteiger partial charge in [-0.05, 0) is 26.9 Å². The number of likely N-dealkylation sites (N-methyl/N-ethyl adjacent to an activating group) is 1. The zero-order valence-corrected chi connectivity index (χ0v) is 14.4. The van der Waals surface area contributed by atoms with Crippen LogP contribution >= 0.6 is 0 Å². The lowest BCUT2D eigenvalue weighted by atomic mass is 9.98. The van der Waals surface area contributed by atoms with Gasteiger partial charge in [-0.2, -0.15) is 0 Å². The molecule has 2 saturated heterocycles. The molecule has 126 valence electrons. The van der Waals surface area contributed by atoms with Crippen LogP contribution in [-0.4, -0.2) is 72.5 Å². The van der Waals surface area contributed by atoms with Gasteiger partial charge in [0.15, 0.2) is 9.84 Å². The molecule has 0 aromatic heterocycles. The first kappa shape index (κ1) is 17.2. The number of hydrogen-bond acceptors (Lipinski definition) is 6. The predicted octanol–water partition coefficient (Wildman–Crippen LogP) is 0.00540. The van der Waals surface area contributed by atoms with Crippen molar-refractivity contribution in [3.05, 3.63) is 0 Å². The van der Waals surface area contributed by atoms with Gasteiger partial charge in [0, 0.05) is 6.54 Å². The molecule has 0 spiro atoms. The number of carbonyl (C=O) groups is 2. The maximum atomic E-state index is 12.4. The van der Waals surface area contributed by atoms with E-state index in [0.717, 1.165) is 13.1 Å². The summed E-state index contributed by atoms with van der Waals surface area (Å²) < 4.78 is 28.7. The lowest BCUT2D eigenvalue weighted by Crippen LogP contribution is -2.57. The smallest absolute Gasteiger partial charge is 0.330 e. The van der Waals surface area contributed by atoms with Crippen molar-refractivity contribution in [3.63, 3.8) is 0 Å². The molecule has 0 saturated carbocycles. The van der Waals surface area contributed by atoms with E-state index in [1.807, 2.05) is 13.8 Å². The highest BCUT2D eigenvalue weighted by atomic mass is 32.2. The Balaban J connectivity index is 2.07. The van der Waals surface area contributed by atoms with E-state index in [-0.39, 0.29) is 18.9 Å². The number of esters is 1. The molecule has 2 atom stereocenters. The standard InChI is InChI=1S/C14H24N2O5S/c1-5-15(6-2)7-8-21-13(18)12-14(3,4)22(19,20)11-9-10(17)16(11)12/h11-12H,5-9H2,1-4H3/t11-,12+/m1/s1. The van der Waals surface area contributed by atoms with Crippen molar-refractivity contribution in [1.29, 1.82) is 0 Å². The van der Waals surface area contributed by atoms with Crippen LogP contribution in [0.1, 0.15) is 34.1 Å². The molecule has 0 radical (unpaired) electrons. The predicted molar refractivity (Wildman–Crippen MR) is 80.8 cm³/mol. The second-order valence-electron chi connectivity index (χ2n) is 6.21. The number of nitrogens with zero attached hydrogens (tertiary/aromatic N) is 2. The Bertz CT molecular complexity index is 568. The summed E-state index contributed by atoms with van der Waals surface area (Å²) in [5.41, 5.74) is 0. The van der Waals surface area contributed by atoms with Gasteiger partial charge in [-0.25, -0.2) is 13.2 Å². The molecule has 0 aliphatic carbocycles. The zero-order chi connectivity index (χ0) is 16.7. The maximum absolute atomic E-state index is 12.4. The minimum atomic E-state index is -3.55. The van der Waals surface area contributed by atoms with Crippen molar-refractivity contribution in [2.45, 2.75) is 50.3 Å². The van der Waals surface area contributed by atoms with E-state index in [1.165, 1.54) is 18.7 Å². The van der Waals surface area contributed by atoms with Crippen molar-refractivity contribution >= 4 is 21.7 Å². The van der Waals surface area contributed by atoms with Crippen LogP contribution in [0, 0.1) is 0 Å². The fourth-order valence-corrected chi connectivity index (χ4v) is 5.23. The average Bonchev–Trinajstić information content (AvgIpc) is 2.57. The van der Waals surface area contributed by atoms with E-state index >= 15 is 0 Å². The molecule has 2 heterocycles. The molecule has 0 aromatic carbocycles. The van der Waals surface area contributed by atoms with Gasteiger partial charge >= 0.3 is 5.97 Å². The van der Waals surface area contributed by atoms with Crippen LogP contribution in [0.15, 0.2) is 0 Å². The number of β-lactam (4-membered cyclic amide) rings is 1. The minimum absolute atomic E-state index is 0.0327. The quantitative estimate of drug-likeness (QED) is 0.503. The number of sulfone groups is 1. The maximum Gasteiger partial charge on any atom is 0.330 e. The van der Waals surface area contributed by atoms with Crippen LogP contribution in [-0.2, 0) is 24.2 Å². The molecule has 7 nitrogen and oxygen atoms in total. The molecule has 0 bridgehead atoms. The number of ether oxygens (including phenoxy) is 1. The summed E-state index contributed by atoms with van der Waals surface area (Å²) in [7, 11) is -3.55. The van der Waals surface area contributed by atoms with Crippen LogP contribution < -0.4 is 0 Å². The molecule has 0 N–H and O–H groups in total. The number of fused-ring (bicyclic) bond motifs is 1. The van der Waals surface area contributed by atoms with Gasteiger partial charge < -0.3 is 14.5 Å². The molecule has 0 aromatic rings. The lowest BCUT2D eigenvalue weighted by Gasteiger charge is -2.36. The normalized spacial score (nSPS) is 28.4. The van der Waals surface area contributed by atoms with Gasteiger partial charge in [-0.15, -0.1) is 0 Å². The molecule has 22 heavy (non-hydrogen) atoms. The molecule has 2 fully saturated rings. The van der Waals surface area contributed by atoms with E-state index in [1.54, 1.807) is 0 Å². The summed E-state index contributed by atoms with van der Waals surface area (Å²) in [6.07, 6.45) is -0.0327. The fraction of sp³-hybridized carbons (Fsp3) is 0.857. The molecule has 8 heteroatoms. The van der Waals surface area contributed by atoms with Crippen molar-refractivity contribution < 1.29 is 22.7 Å². The van der Waals surface area contributed by atoms with E-state index in [4.69, 9.17) is 4.74 Å². The monoisotopic (exact) mass is 332 g/mol. The Morgan fingerprint density at radius 2 is 1.95 bits per heavy atom. The highest BCUT2D eigenvalue weighted by Crippen LogP contribution is 2.45. The largest absolute Gasteiger partial charge is 0.463 e. The molecule has 2 aliphatic rings. The van der Waals surface area contributed by atoms with Crippen LogP contribution in [0.5, 0.6) is 0 Å². The molecule has 1 amide bonds. The van der Waals surface area contributed by atoms with Gasteiger partial charge in [0.2, 0.25) is 5.91 Å². The van der Waals surface area contributed by atoms with Crippen LogP contribution in [0.4, 0.5) is 0 Å². The second kappa shape index (κ2) is 5.81. The van der Waals surface area contributed by atoms with Crippen molar-refractivity contribution in [1.82, 2.24) is 9.80 Å². The van der Waals surface area contributed by atoms with E-state index in [0.29, 0.717) is 6.54 Å². The summed E-state index contributed by atoms with van der Waals surface area (Å²) >= 11 is 0. The fourth-order valence-electron chi connectivity index (χ4n) is 3.10. The third kappa shape index (κ3) is 2.42. The van der Waals surface area contributed by atoms with Crippen molar-refractivity contribution in [3.8, 4) is 0 Å². The summed E-state index contributed by atoms with van der Waals surface area (Å²) in [6.45, 7) is 9.50. The summed E-state index contributed by atoms with van der Waals surface area (Å²) in [5, 5.41) is -0.865. The first-order valence-corrected chi connectivity index (χ1v) is 9.16. The first-order valence-electron chi connectivity index (χ1n) is 7.62. The zero-order valence-electron chi connectivity index (χ0n) is 13.5. The van der Waals surface area contributed by atoms with Gasteiger partial charge in [-0.3, -0.25) is 4.79 Å². The molecule has 2 aliphatic heterocycles. The van der Waals surface area contributed by atoms with E-state index in [2.05, 4.69) is 4.90 Å². The summed E-state index contributed by atoms with van der Waals surface area (Å²) in [6, 6.07) is -1.04. The Morgan fingerprint density at radius 1 is 1.36 bits per heavy atom. The Kier molecular flexibility index (Phi) is 4.54. The highest BCUT2D eigenvalue weighted by molar-refractivity contribution is 7.93. The van der Waals surface area contributed by atoms with Gasteiger partial charge in [0.25, 0.3) is 0 Å². The molecule has 0 unspecified atom stereocenters. The topological polar surface area (TPSA) is 84.0 Å². The van der Waals surface area contributed by atoms with Gasteiger partial charge in [0.05, 0.1) is 11.2 Å². The molecular weight excluding hydrogens is 308 g/mol. The van der Waals surface area contributed by atoms with Crippen molar-refractivity contribution in [2.75, 3.05) is 26.2 Å². The average molecular weight is 332 g/mol.